The lowest BCUT2D eigenvalue weighted by Crippen LogP contribution is -2.36. The standard InChI is InChI=1S/C25H25N3O2S/c1-31-24-11-10-16(14-26-24)12-17-13-20-21(19-7-3-2-6-18(17)19)15-27-28(25(20)30)22-8-4-5-9-23(22)29/h2-3,6-7,10-11,13-15,22-23,29H,4-5,8-9,12H2,1H3/t22-,23-/m1/s1. The van der Waals surface area contributed by atoms with E-state index in [0.29, 0.717) is 11.8 Å². The van der Waals surface area contributed by atoms with Gasteiger partial charge in [-0.25, -0.2) is 9.67 Å². The van der Waals surface area contributed by atoms with Crippen LogP contribution in [0.25, 0.3) is 21.5 Å². The van der Waals surface area contributed by atoms with E-state index in [-0.39, 0.29) is 11.6 Å². The van der Waals surface area contributed by atoms with Gasteiger partial charge in [0.15, 0.2) is 0 Å². The maximum atomic E-state index is 13.5. The Kier molecular flexibility index (Phi) is 5.50. The predicted molar refractivity (Wildman–Crippen MR) is 126 cm³/mol. The number of fused-ring (bicyclic) bond motifs is 3. The van der Waals surface area contributed by atoms with Crippen molar-refractivity contribution >= 4 is 33.3 Å². The molecular weight excluding hydrogens is 406 g/mol. The van der Waals surface area contributed by atoms with Crippen LogP contribution in [0.5, 0.6) is 0 Å². The Balaban J connectivity index is 1.67. The molecule has 1 N–H and O–H groups in total. The number of benzene rings is 2. The summed E-state index contributed by atoms with van der Waals surface area (Å²) in [7, 11) is 0. The van der Waals surface area contributed by atoms with E-state index in [1.165, 1.54) is 4.68 Å². The first-order valence-electron chi connectivity index (χ1n) is 10.7. The van der Waals surface area contributed by atoms with Gasteiger partial charge >= 0.3 is 0 Å². The zero-order valence-corrected chi connectivity index (χ0v) is 18.3. The second-order valence-electron chi connectivity index (χ2n) is 8.24. The Bertz CT molecular complexity index is 1300. The minimum absolute atomic E-state index is 0.119. The highest BCUT2D eigenvalue weighted by molar-refractivity contribution is 7.98. The van der Waals surface area contributed by atoms with Crippen LogP contribution in [0.3, 0.4) is 0 Å². The lowest BCUT2D eigenvalue weighted by molar-refractivity contribution is 0.0672. The SMILES string of the molecule is CSc1ccc(Cc2cc3c(=O)n([C@@H]4CCCC[C@H]4O)ncc3c3ccccc23)cn1. The highest BCUT2D eigenvalue weighted by Crippen LogP contribution is 2.31. The highest BCUT2D eigenvalue weighted by atomic mass is 32.2. The molecule has 0 aliphatic heterocycles. The minimum Gasteiger partial charge on any atom is -0.391 e. The zero-order valence-electron chi connectivity index (χ0n) is 17.5. The molecule has 0 radical (unpaired) electrons. The Labute approximate surface area is 185 Å². The second-order valence-corrected chi connectivity index (χ2v) is 9.07. The molecule has 4 aromatic rings. The number of pyridine rings is 1. The second kappa shape index (κ2) is 8.44. The van der Waals surface area contributed by atoms with E-state index >= 15 is 0 Å². The Morgan fingerprint density at radius 2 is 1.84 bits per heavy atom. The number of hydrogen-bond acceptors (Lipinski definition) is 5. The quantitative estimate of drug-likeness (QED) is 0.374. The van der Waals surface area contributed by atoms with Crippen LogP contribution in [-0.2, 0) is 6.42 Å². The monoisotopic (exact) mass is 431 g/mol. The van der Waals surface area contributed by atoms with E-state index in [1.54, 1.807) is 18.0 Å². The van der Waals surface area contributed by atoms with Gasteiger partial charge in [0.25, 0.3) is 5.56 Å². The van der Waals surface area contributed by atoms with Gasteiger partial charge in [-0.05, 0) is 59.6 Å². The maximum Gasteiger partial charge on any atom is 0.275 e. The fourth-order valence-electron chi connectivity index (χ4n) is 4.70. The maximum absolute atomic E-state index is 13.5. The summed E-state index contributed by atoms with van der Waals surface area (Å²) >= 11 is 1.62. The third-order valence-electron chi connectivity index (χ3n) is 6.33. The van der Waals surface area contributed by atoms with Gasteiger partial charge in [0.2, 0.25) is 0 Å². The summed E-state index contributed by atoms with van der Waals surface area (Å²) < 4.78 is 1.51. The molecule has 2 aromatic heterocycles. The van der Waals surface area contributed by atoms with Crippen LogP contribution < -0.4 is 5.56 Å². The smallest absolute Gasteiger partial charge is 0.275 e. The van der Waals surface area contributed by atoms with Crippen molar-refractivity contribution in [1.82, 2.24) is 14.8 Å². The summed E-state index contributed by atoms with van der Waals surface area (Å²) in [4.78, 5) is 18.0. The first-order chi connectivity index (χ1) is 15.2. The Hall–Kier alpha value is -2.70. The number of aromatic nitrogens is 3. The van der Waals surface area contributed by atoms with E-state index in [1.807, 2.05) is 36.7 Å². The van der Waals surface area contributed by atoms with Gasteiger partial charge in [-0.15, -0.1) is 11.8 Å². The predicted octanol–water partition coefficient (Wildman–Crippen LogP) is 4.73. The van der Waals surface area contributed by atoms with Crippen LogP contribution in [0.4, 0.5) is 0 Å². The van der Waals surface area contributed by atoms with Gasteiger partial charge < -0.3 is 5.11 Å². The third-order valence-corrected chi connectivity index (χ3v) is 6.99. The van der Waals surface area contributed by atoms with E-state index in [9.17, 15) is 9.90 Å². The lowest BCUT2D eigenvalue weighted by atomic mass is 9.92. The highest BCUT2D eigenvalue weighted by Gasteiger charge is 2.27. The number of rotatable bonds is 4. The van der Waals surface area contributed by atoms with Gasteiger partial charge in [0.1, 0.15) is 0 Å². The molecule has 1 aliphatic carbocycles. The molecule has 5 rings (SSSR count). The fourth-order valence-corrected chi connectivity index (χ4v) is 5.06. The van der Waals surface area contributed by atoms with E-state index in [2.05, 4.69) is 28.3 Å². The number of thioether (sulfide) groups is 1. The molecule has 31 heavy (non-hydrogen) atoms. The minimum atomic E-state index is -0.516. The van der Waals surface area contributed by atoms with Gasteiger partial charge in [-0.2, -0.15) is 5.10 Å². The first kappa shape index (κ1) is 20.2. The molecule has 1 fully saturated rings. The molecule has 5 nitrogen and oxygen atoms in total. The molecule has 1 saturated carbocycles. The number of hydrogen-bond donors (Lipinski definition) is 1. The van der Waals surface area contributed by atoms with Crippen molar-refractivity contribution in [2.24, 2.45) is 0 Å². The van der Waals surface area contributed by atoms with Crippen LogP contribution in [0.1, 0.15) is 42.9 Å². The average molecular weight is 432 g/mol. The summed E-state index contributed by atoms with van der Waals surface area (Å²) in [5, 5.41) is 19.6. The lowest BCUT2D eigenvalue weighted by Gasteiger charge is -2.28. The summed E-state index contributed by atoms with van der Waals surface area (Å²) in [6.07, 6.45) is 9.41. The van der Waals surface area contributed by atoms with Gasteiger partial charge in [-0.3, -0.25) is 4.79 Å². The fraction of sp³-hybridized carbons (Fsp3) is 0.320. The zero-order chi connectivity index (χ0) is 21.4. The van der Waals surface area contributed by atoms with Crippen molar-refractivity contribution in [3.8, 4) is 0 Å². The van der Waals surface area contributed by atoms with Crippen LogP contribution in [0, 0.1) is 0 Å². The summed E-state index contributed by atoms with van der Waals surface area (Å²) in [6, 6.07) is 14.1. The van der Waals surface area contributed by atoms with Crippen LogP contribution >= 0.6 is 11.8 Å². The Morgan fingerprint density at radius 3 is 2.58 bits per heavy atom. The molecule has 2 aromatic carbocycles. The molecular formula is C25H25N3O2S. The van der Waals surface area contributed by atoms with Gasteiger partial charge in [0, 0.05) is 11.6 Å². The summed E-state index contributed by atoms with van der Waals surface area (Å²) in [5.74, 6) is 0. The van der Waals surface area contributed by atoms with Crippen molar-refractivity contribution in [2.45, 2.75) is 49.3 Å². The van der Waals surface area contributed by atoms with Crippen molar-refractivity contribution in [3.05, 3.63) is 76.3 Å². The molecule has 2 atom stereocenters. The van der Waals surface area contributed by atoms with Crippen molar-refractivity contribution in [2.75, 3.05) is 6.26 Å². The first-order valence-corrected chi connectivity index (χ1v) is 12.0. The van der Waals surface area contributed by atoms with Crippen molar-refractivity contribution < 1.29 is 5.11 Å². The average Bonchev–Trinajstić information content (AvgIpc) is 2.81. The molecule has 0 spiro atoms. The molecule has 0 saturated heterocycles. The number of nitrogens with zero attached hydrogens (tertiary/aromatic N) is 3. The third kappa shape index (κ3) is 3.75. The van der Waals surface area contributed by atoms with E-state index < -0.39 is 6.10 Å². The largest absolute Gasteiger partial charge is 0.391 e. The van der Waals surface area contributed by atoms with Gasteiger partial charge in [0.05, 0.1) is 28.8 Å². The molecule has 6 heteroatoms. The van der Waals surface area contributed by atoms with E-state index in [0.717, 1.165) is 58.0 Å². The molecule has 0 unspecified atom stereocenters. The molecule has 1 aliphatic rings. The Morgan fingerprint density at radius 1 is 1.03 bits per heavy atom. The molecule has 2 heterocycles. The summed E-state index contributed by atoms with van der Waals surface area (Å²) in [6.45, 7) is 0. The normalized spacial score (nSPS) is 19.2. The molecule has 0 amide bonds. The van der Waals surface area contributed by atoms with Crippen LogP contribution in [0.15, 0.2) is 64.7 Å². The topological polar surface area (TPSA) is 68.0 Å². The molecule has 0 bridgehead atoms. The number of aliphatic hydroxyl groups excluding tert-OH is 1. The van der Waals surface area contributed by atoms with Crippen molar-refractivity contribution in [3.63, 3.8) is 0 Å². The van der Waals surface area contributed by atoms with Crippen molar-refractivity contribution in [1.29, 1.82) is 0 Å². The van der Waals surface area contributed by atoms with Crippen LogP contribution in [-0.4, -0.2) is 32.2 Å². The number of aliphatic hydroxyl groups is 1. The summed E-state index contributed by atoms with van der Waals surface area (Å²) in [5.41, 5.74) is 2.09. The van der Waals surface area contributed by atoms with Gasteiger partial charge in [-0.1, -0.05) is 43.2 Å². The molecule has 158 valence electrons. The van der Waals surface area contributed by atoms with E-state index in [4.69, 9.17) is 0 Å². The van der Waals surface area contributed by atoms with Crippen LogP contribution in [0.2, 0.25) is 0 Å².